The summed E-state index contributed by atoms with van der Waals surface area (Å²) in [6.45, 7) is 9.73. The van der Waals surface area contributed by atoms with Crippen LogP contribution in [0.15, 0.2) is 24.3 Å². The van der Waals surface area contributed by atoms with Crippen LogP contribution < -0.4 is 11.1 Å². The molecule has 0 fully saturated rings. The van der Waals surface area contributed by atoms with E-state index in [9.17, 15) is 4.79 Å². The molecular formula is C17H29N3O. The number of para-hydroxylation sites is 1. The van der Waals surface area contributed by atoms with Gasteiger partial charge in [0.1, 0.15) is 0 Å². The second kappa shape index (κ2) is 8.67. The molecule has 1 amide bonds. The molecule has 0 spiro atoms. The minimum absolute atomic E-state index is 0.0895. The number of hydrogen-bond donors (Lipinski definition) is 2. The normalized spacial score (nSPS) is 12.7. The molecule has 0 bridgehead atoms. The number of rotatable bonds is 8. The summed E-state index contributed by atoms with van der Waals surface area (Å²) in [5.74, 6) is 0.0895. The number of hydrogen-bond acceptors (Lipinski definition) is 3. The van der Waals surface area contributed by atoms with Crippen LogP contribution in [0, 0.1) is 0 Å². The average Bonchev–Trinajstić information content (AvgIpc) is 2.45. The Morgan fingerprint density at radius 2 is 1.95 bits per heavy atom. The standard InChI is InChI=1S/C17H29N3O/c1-5-6-11-19-17(21)14(4)20(13(2)3)12-15-9-7-8-10-16(15)18/h7-10,13-14H,5-6,11-12,18H2,1-4H3,(H,19,21). The molecule has 0 saturated carbocycles. The van der Waals surface area contributed by atoms with E-state index < -0.39 is 0 Å². The Bertz CT molecular complexity index is 445. The first-order valence-electron chi connectivity index (χ1n) is 7.84. The lowest BCUT2D eigenvalue weighted by Gasteiger charge is -2.32. The zero-order chi connectivity index (χ0) is 15.8. The van der Waals surface area contributed by atoms with Gasteiger partial charge in [-0.3, -0.25) is 9.69 Å². The molecule has 0 radical (unpaired) electrons. The molecule has 4 nitrogen and oxygen atoms in total. The zero-order valence-electron chi connectivity index (χ0n) is 13.7. The molecule has 1 rings (SSSR count). The third-order valence-corrected chi connectivity index (χ3v) is 3.78. The molecule has 21 heavy (non-hydrogen) atoms. The van der Waals surface area contributed by atoms with Crippen molar-refractivity contribution in [2.45, 2.75) is 59.2 Å². The number of nitrogen functional groups attached to an aromatic ring is 1. The highest BCUT2D eigenvalue weighted by atomic mass is 16.2. The molecule has 118 valence electrons. The number of benzene rings is 1. The van der Waals surface area contributed by atoms with Crippen LogP contribution in [0.4, 0.5) is 5.69 Å². The van der Waals surface area contributed by atoms with Gasteiger partial charge in [0.05, 0.1) is 6.04 Å². The highest BCUT2D eigenvalue weighted by molar-refractivity contribution is 5.81. The van der Waals surface area contributed by atoms with Gasteiger partial charge in [-0.1, -0.05) is 31.5 Å². The molecule has 0 aliphatic heterocycles. The number of unbranched alkanes of at least 4 members (excludes halogenated alkanes) is 1. The Labute approximate surface area is 128 Å². The molecule has 1 aromatic rings. The van der Waals surface area contributed by atoms with Crippen molar-refractivity contribution < 1.29 is 4.79 Å². The molecule has 1 aromatic carbocycles. The van der Waals surface area contributed by atoms with Gasteiger partial charge in [0.15, 0.2) is 0 Å². The molecule has 0 saturated heterocycles. The highest BCUT2D eigenvalue weighted by Crippen LogP contribution is 2.17. The zero-order valence-corrected chi connectivity index (χ0v) is 13.7. The summed E-state index contributed by atoms with van der Waals surface area (Å²) >= 11 is 0. The van der Waals surface area contributed by atoms with Gasteiger partial charge in [-0.15, -0.1) is 0 Å². The van der Waals surface area contributed by atoms with Gasteiger partial charge in [-0.05, 0) is 38.8 Å². The molecule has 0 aliphatic rings. The predicted molar refractivity (Wildman–Crippen MR) is 88.9 cm³/mol. The average molecular weight is 291 g/mol. The van der Waals surface area contributed by atoms with Crippen molar-refractivity contribution in [2.75, 3.05) is 12.3 Å². The highest BCUT2D eigenvalue weighted by Gasteiger charge is 2.23. The second-order valence-electron chi connectivity index (χ2n) is 5.79. The number of carbonyl (C=O) groups excluding carboxylic acids is 1. The first-order valence-corrected chi connectivity index (χ1v) is 7.84. The molecule has 4 heteroatoms. The van der Waals surface area contributed by atoms with Crippen LogP contribution in [0.25, 0.3) is 0 Å². The van der Waals surface area contributed by atoms with E-state index in [0.29, 0.717) is 6.54 Å². The van der Waals surface area contributed by atoms with E-state index in [4.69, 9.17) is 5.73 Å². The molecule has 1 atom stereocenters. The van der Waals surface area contributed by atoms with Crippen molar-refractivity contribution in [2.24, 2.45) is 0 Å². The molecule has 0 heterocycles. The minimum Gasteiger partial charge on any atom is -0.398 e. The third kappa shape index (κ3) is 5.38. The lowest BCUT2D eigenvalue weighted by molar-refractivity contribution is -0.126. The van der Waals surface area contributed by atoms with Gasteiger partial charge >= 0.3 is 0 Å². The van der Waals surface area contributed by atoms with Crippen molar-refractivity contribution in [1.29, 1.82) is 0 Å². The molecule has 1 unspecified atom stereocenters. The van der Waals surface area contributed by atoms with Gasteiger partial charge in [0.2, 0.25) is 5.91 Å². The number of anilines is 1. The van der Waals surface area contributed by atoms with E-state index in [0.717, 1.165) is 30.6 Å². The van der Waals surface area contributed by atoms with Crippen molar-refractivity contribution in [1.82, 2.24) is 10.2 Å². The molecule has 0 aromatic heterocycles. The van der Waals surface area contributed by atoms with Crippen LogP contribution in [-0.2, 0) is 11.3 Å². The summed E-state index contributed by atoms with van der Waals surface area (Å²) in [5, 5.41) is 3.01. The fourth-order valence-electron chi connectivity index (χ4n) is 2.33. The van der Waals surface area contributed by atoms with Gasteiger partial charge < -0.3 is 11.1 Å². The van der Waals surface area contributed by atoms with Crippen LogP contribution in [0.3, 0.4) is 0 Å². The fourth-order valence-corrected chi connectivity index (χ4v) is 2.33. The molecule has 0 aliphatic carbocycles. The third-order valence-electron chi connectivity index (χ3n) is 3.78. The number of amides is 1. The van der Waals surface area contributed by atoms with Gasteiger partial charge in [-0.2, -0.15) is 0 Å². The van der Waals surface area contributed by atoms with Crippen LogP contribution >= 0.6 is 0 Å². The van der Waals surface area contributed by atoms with Crippen LogP contribution in [0.2, 0.25) is 0 Å². The lowest BCUT2D eigenvalue weighted by atomic mass is 10.1. The van der Waals surface area contributed by atoms with Gasteiger partial charge in [0, 0.05) is 24.8 Å². The number of nitrogens with two attached hydrogens (primary N) is 1. The number of nitrogens with zero attached hydrogens (tertiary/aromatic N) is 1. The maximum Gasteiger partial charge on any atom is 0.237 e. The monoisotopic (exact) mass is 291 g/mol. The lowest BCUT2D eigenvalue weighted by Crippen LogP contribution is -2.47. The number of carbonyl (C=O) groups is 1. The quantitative estimate of drug-likeness (QED) is 0.572. The topological polar surface area (TPSA) is 58.4 Å². The minimum atomic E-state index is -0.165. The summed E-state index contributed by atoms with van der Waals surface area (Å²) in [6, 6.07) is 7.94. The summed E-state index contributed by atoms with van der Waals surface area (Å²) in [7, 11) is 0. The maximum atomic E-state index is 12.3. The maximum absolute atomic E-state index is 12.3. The largest absolute Gasteiger partial charge is 0.398 e. The predicted octanol–water partition coefficient (Wildman–Crippen LogP) is 2.78. The smallest absolute Gasteiger partial charge is 0.237 e. The van der Waals surface area contributed by atoms with E-state index in [-0.39, 0.29) is 18.0 Å². The van der Waals surface area contributed by atoms with Gasteiger partial charge in [0.25, 0.3) is 0 Å². The summed E-state index contributed by atoms with van der Waals surface area (Å²) < 4.78 is 0. The van der Waals surface area contributed by atoms with Crippen LogP contribution in [0.5, 0.6) is 0 Å². The number of nitrogens with one attached hydrogen (secondary N) is 1. The van der Waals surface area contributed by atoms with E-state index in [1.165, 1.54) is 0 Å². The SMILES string of the molecule is CCCCNC(=O)C(C)N(Cc1ccccc1N)C(C)C. The van der Waals surface area contributed by atoms with Gasteiger partial charge in [-0.25, -0.2) is 0 Å². The van der Waals surface area contributed by atoms with Crippen molar-refractivity contribution in [3.05, 3.63) is 29.8 Å². The summed E-state index contributed by atoms with van der Waals surface area (Å²) in [4.78, 5) is 14.4. The first kappa shape index (κ1) is 17.5. The Balaban J connectivity index is 2.72. The van der Waals surface area contributed by atoms with Crippen molar-refractivity contribution in [3.8, 4) is 0 Å². The summed E-state index contributed by atoms with van der Waals surface area (Å²) in [5.41, 5.74) is 7.86. The van der Waals surface area contributed by atoms with Crippen molar-refractivity contribution >= 4 is 11.6 Å². The van der Waals surface area contributed by atoms with E-state index in [1.54, 1.807) is 0 Å². The van der Waals surface area contributed by atoms with Crippen LogP contribution in [0.1, 0.15) is 46.1 Å². The molecular weight excluding hydrogens is 262 g/mol. The van der Waals surface area contributed by atoms with Crippen molar-refractivity contribution in [3.63, 3.8) is 0 Å². The second-order valence-corrected chi connectivity index (χ2v) is 5.79. The van der Waals surface area contributed by atoms with Crippen LogP contribution in [-0.4, -0.2) is 29.4 Å². The first-order chi connectivity index (χ1) is 9.97. The van der Waals surface area contributed by atoms with E-state index in [1.807, 2.05) is 31.2 Å². The Morgan fingerprint density at radius 3 is 2.52 bits per heavy atom. The van der Waals surface area contributed by atoms with E-state index in [2.05, 4.69) is 31.0 Å². The fraction of sp³-hybridized carbons (Fsp3) is 0.588. The Morgan fingerprint density at radius 1 is 1.29 bits per heavy atom. The van der Waals surface area contributed by atoms with E-state index >= 15 is 0 Å². The Hall–Kier alpha value is -1.55. The molecule has 3 N–H and O–H groups in total. The Kier molecular flexibility index (Phi) is 7.23. The summed E-state index contributed by atoms with van der Waals surface area (Å²) in [6.07, 6.45) is 2.11.